The molecule has 2 N–H and O–H groups in total. The fraction of sp³-hybridized carbons (Fsp3) is 0.857. The van der Waals surface area contributed by atoms with Crippen LogP contribution >= 0.6 is 0 Å². The predicted molar refractivity (Wildman–Crippen MR) is 72.8 cm³/mol. The number of carboxylic acid groups (broad SMARTS) is 2. The molecule has 0 aliphatic carbocycles. The standard InChI is InChI=1S/C8H16O2.C6H12O2/c1-2-3-4-5-6-7-8(9)10;1-2-3-4-5-6(7)8/h2-7H2,1H3,(H,9,10);2-5H2,1H3,(H,7,8). The van der Waals surface area contributed by atoms with Crippen LogP contribution in [-0.4, -0.2) is 22.2 Å². The summed E-state index contributed by atoms with van der Waals surface area (Å²) in [5, 5.41) is 16.4. The Labute approximate surface area is 110 Å². The SMILES string of the molecule is CCCCCC(=O)O.CCCCCCCC(=O)O. The molecule has 0 unspecified atom stereocenters. The van der Waals surface area contributed by atoms with E-state index in [1.54, 1.807) is 0 Å². The van der Waals surface area contributed by atoms with E-state index in [1.807, 2.05) is 0 Å². The van der Waals surface area contributed by atoms with Gasteiger partial charge >= 0.3 is 11.9 Å². The molecule has 0 heterocycles. The highest BCUT2D eigenvalue weighted by Gasteiger charge is 1.94. The molecule has 0 amide bonds. The Bertz CT molecular complexity index is 202. The van der Waals surface area contributed by atoms with Gasteiger partial charge in [0.25, 0.3) is 0 Å². The van der Waals surface area contributed by atoms with Crippen LogP contribution in [0.15, 0.2) is 0 Å². The molecule has 0 rings (SSSR count). The fourth-order valence-corrected chi connectivity index (χ4v) is 1.41. The molecule has 0 saturated carbocycles. The first-order valence-electron chi connectivity index (χ1n) is 6.98. The van der Waals surface area contributed by atoms with E-state index in [1.165, 1.54) is 19.3 Å². The van der Waals surface area contributed by atoms with Gasteiger partial charge in [-0.25, -0.2) is 0 Å². The number of hydrogen-bond acceptors (Lipinski definition) is 2. The molecule has 0 aliphatic heterocycles. The van der Waals surface area contributed by atoms with Crippen LogP contribution in [0, 0.1) is 0 Å². The van der Waals surface area contributed by atoms with Crippen LogP contribution in [-0.2, 0) is 9.59 Å². The smallest absolute Gasteiger partial charge is 0.303 e. The van der Waals surface area contributed by atoms with Crippen molar-refractivity contribution < 1.29 is 19.8 Å². The Morgan fingerprint density at radius 2 is 1.00 bits per heavy atom. The van der Waals surface area contributed by atoms with Gasteiger partial charge in [0.1, 0.15) is 0 Å². The molecule has 0 aliphatic rings. The van der Waals surface area contributed by atoms with E-state index in [-0.39, 0.29) is 0 Å². The lowest BCUT2D eigenvalue weighted by Crippen LogP contribution is -1.93. The Morgan fingerprint density at radius 1 is 0.667 bits per heavy atom. The third kappa shape index (κ3) is 24.3. The Morgan fingerprint density at radius 3 is 1.39 bits per heavy atom. The molecule has 0 aromatic rings. The zero-order valence-corrected chi connectivity index (χ0v) is 11.8. The first-order chi connectivity index (χ1) is 8.54. The molecule has 18 heavy (non-hydrogen) atoms. The first kappa shape index (κ1) is 19.3. The van der Waals surface area contributed by atoms with E-state index in [4.69, 9.17) is 10.2 Å². The van der Waals surface area contributed by atoms with Crippen LogP contribution in [0.2, 0.25) is 0 Å². The van der Waals surface area contributed by atoms with Gasteiger partial charge in [-0.05, 0) is 12.8 Å². The molecule has 108 valence electrons. The molecule has 0 atom stereocenters. The van der Waals surface area contributed by atoms with Crippen molar-refractivity contribution in [3.8, 4) is 0 Å². The second-order valence-electron chi connectivity index (χ2n) is 4.41. The van der Waals surface area contributed by atoms with E-state index in [9.17, 15) is 9.59 Å². The molecule has 0 spiro atoms. The normalized spacial score (nSPS) is 9.44. The zero-order valence-electron chi connectivity index (χ0n) is 11.8. The number of unbranched alkanes of at least 4 members (excludes halogenated alkanes) is 6. The van der Waals surface area contributed by atoms with E-state index < -0.39 is 11.9 Å². The summed E-state index contributed by atoms with van der Waals surface area (Å²) in [6, 6.07) is 0. The molecule has 0 aromatic carbocycles. The Hall–Kier alpha value is -1.06. The molecule has 0 fully saturated rings. The van der Waals surface area contributed by atoms with E-state index in [2.05, 4.69) is 13.8 Å². The van der Waals surface area contributed by atoms with Crippen molar-refractivity contribution >= 4 is 11.9 Å². The summed E-state index contributed by atoms with van der Waals surface area (Å²) in [4.78, 5) is 19.9. The highest BCUT2D eigenvalue weighted by atomic mass is 16.4. The minimum atomic E-state index is -0.682. The number of hydrogen-bond donors (Lipinski definition) is 2. The van der Waals surface area contributed by atoms with Crippen molar-refractivity contribution in [1.29, 1.82) is 0 Å². The second-order valence-corrected chi connectivity index (χ2v) is 4.41. The summed E-state index contributed by atoms with van der Waals surface area (Å²) >= 11 is 0. The zero-order chi connectivity index (χ0) is 14.2. The molecule has 0 bridgehead atoms. The predicted octanol–water partition coefficient (Wildman–Crippen LogP) is 4.08. The highest BCUT2D eigenvalue weighted by Crippen LogP contribution is 2.04. The topological polar surface area (TPSA) is 74.6 Å². The molecule has 4 nitrogen and oxygen atoms in total. The molecule has 0 radical (unpaired) electrons. The van der Waals surface area contributed by atoms with Gasteiger partial charge in [-0.3, -0.25) is 9.59 Å². The number of rotatable bonds is 10. The summed E-state index contributed by atoms with van der Waals surface area (Å²) in [5.41, 5.74) is 0. The minimum absolute atomic E-state index is 0.327. The third-order valence-electron chi connectivity index (χ3n) is 2.49. The Kier molecular flexibility index (Phi) is 17.1. The summed E-state index contributed by atoms with van der Waals surface area (Å²) in [5.74, 6) is -1.35. The Balaban J connectivity index is 0. The summed E-state index contributed by atoms with van der Waals surface area (Å²) < 4.78 is 0. The van der Waals surface area contributed by atoms with Gasteiger partial charge in [-0.2, -0.15) is 0 Å². The van der Waals surface area contributed by atoms with Crippen LogP contribution in [0.3, 0.4) is 0 Å². The van der Waals surface area contributed by atoms with Gasteiger partial charge in [-0.1, -0.05) is 52.4 Å². The number of aliphatic carboxylic acids is 2. The number of carboxylic acids is 2. The van der Waals surface area contributed by atoms with E-state index in [0.29, 0.717) is 12.8 Å². The molecular weight excluding hydrogens is 232 g/mol. The van der Waals surface area contributed by atoms with Crippen molar-refractivity contribution in [2.45, 2.75) is 78.1 Å². The van der Waals surface area contributed by atoms with Crippen LogP contribution in [0.25, 0.3) is 0 Å². The van der Waals surface area contributed by atoms with Crippen LogP contribution in [0.4, 0.5) is 0 Å². The average molecular weight is 260 g/mol. The maximum Gasteiger partial charge on any atom is 0.303 e. The third-order valence-corrected chi connectivity index (χ3v) is 2.49. The lowest BCUT2D eigenvalue weighted by molar-refractivity contribution is -0.138. The number of carbonyl (C=O) groups is 2. The van der Waals surface area contributed by atoms with Crippen LogP contribution in [0.5, 0.6) is 0 Å². The maximum atomic E-state index is 10.0. The van der Waals surface area contributed by atoms with Crippen molar-refractivity contribution in [2.24, 2.45) is 0 Å². The first-order valence-corrected chi connectivity index (χ1v) is 6.98. The minimum Gasteiger partial charge on any atom is -0.481 e. The molecule has 0 aromatic heterocycles. The molecule has 0 saturated heterocycles. The van der Waals surface area contributed by atoms with Gasteiger partial charge in [0.15, 0.2) is 0 Å². The fourth-order valence-electron chi connectivity index (χ4n) is 1.41. The van der Waals surface area contributed by atoms with Gasteiger partial charge in [-0.15, -0.1) is 0 Å². The summed E-state index contributed by atoms with van der Waals surface area (Å²) in [6.07, 6.45) is 9.16. The summed E-state index contributed by atoms with van der Waals surface area (Å²) in [6.45, 7) is 4.21. The lowest BCUT2D eigenvalue weighted by atomic mass is 10.1. The largest absolute Gasteiger partial charge is 0.481 e. The lowest BCUT2D eigenvalue weighted by Gasteiger charge is -1.95. The van der Waals surface area contributed by atoms with Gasteiger partial charge in [0.2, 0.25) is 0 Å². The quantitative estimate of drug-likeness (QED) is 0.580. The van der Waals surface area contributed by atoms with E-state index >= 15 is 0 Å². The maximum absolute atomic E-state index is 10.0. The monoisotopic (exact) mass is 260 g/mol. The molecule has 4 heteroatoms. The van der Waals surface area contributed by atoms with Gasteiger partial charge in [0, 0.05) is 12.8 Å². The van der Waals surface area contributed by atoms with Crippen LogP contribution < -0.4 is 0 Å². The van der Waals surface area contributed by atoms with Crippen molar-refractivity contribution in [3.63, 3.8) is 0 Å². The van der Waals surface area contributed by atoms with Crippen molar-refractivity contribution in [2.75, 3.05) is 0 Å². The van der Waals surface area contributed by atoms with E-state index in [0.717, 1.165) is 32.1 Å². The molecular formula is C14H28O4. The van der Waals surface area contributed by atoms with Gasteiger partial charge in [0.05, 0.1) is 0 Å². The summed E-state index contributed by atoms with van der Waals surface area (Å²) in [7, 11) is 0. The highest BCUT2D eigenvalue weighted by molar-refractivity contribution is 5.66. The average Bonchev–Trinajstić information content (AvgIpc) is 2.29. The van der Waals surface area contributed by atoms with Gasteiger partial charge < -0.3 is 10.2 Å². The second kappa shape index (κ2) is 15.9. The van der Waals surface area contributed by atoms with Crippen LogP contribution in [0.1, 0.15) is 78.1 Å². The van der Waals surface area contributed by atoms with Crippen molar-refractivity contribution in [3.05, 3.63) is 0 Å². The van der Waals surface area contributed by atoms with Crippen molar-refractivity contribution in [1.82, 2.24) is 0 Å².